The van der Waals surface area contributed by atoms with Gasteiger partial charge in [0.15, 0.2) is 0 Å². The zero-order valence-corrected chi connectivity index (χ0v) is 13.1. The Morgan fingerprint density at radius 3 is 2.85 bits per heavy atom. The summed E-state index contributed by atoms with van der Waals surface area (Å²) in [7, 11) is 0. The number of fused-ring (bicyclic) bond motifs is 2. The van der Waals surface area contributed by atoms with Crippen LogP contribution in [0.1, 0.15) is 47.8 Å². The van der Waals surface area contributed by atoms with Gasteiger partial charge in [0.05, 0.1) is 11.1 Å². The Hall–Kier alpha value is -1.42. The van der Waals surface area contributed by atoms with Crippen LogP contribution < -0.4 is 0 Å². The minimum atomic E-state index is -0.854. The van der Waals surface area contributed by atoms with E-state index in [4.69, 9.17) is 4.98 Å². The highest BCUT2D eigenvalue weighted by Gasteiger charge is 2.29. The Balaban J connectivity index is 2.43. The molecule has 2 atom stereocenters. The second-order valence-electron chi connectivity index (χ2n) is 5.73. The van der Waals surface area contributed by atoms with Crippen LogP contribution in [0.5, 0.6) is 0 Å². The number of halogens is 1. The molecule has 0 saturated heterocycles. The summed E-state index contributed by atoms with van der Waals surface area (Å²) >= 11 is 3.48. The van der Waals surface area contributed by atoms with Gasteiger partial charge < -0.3 is 5.11 Å². The molecule has 4 heteroatoms. The van der Waals surface area contributed by atoms with Crippen molar-refractivity contribution in [2.24, 2.45) is 5.92 Å². The van der Waals surface area contributed by atoms with Crippen LogP contribution in [0.2, 0.25) is 0 Å². The molecule has 2 unspecified atom stereocenters. The molecule has 0 spiro atoms. The second kappa shape index (κ2) is 4.85. The molecular formula is C16H16BrNO2. The van der Waals surface area contributed by atoms with E-state index in [9.17, 15) is 9.90 Å². The third-order valence-corrected chi connectivity index (χ3v) is 4.73. The zero-order valence-electron chi connectivity index (χ0n) is 11.5. The van der Waals surface area contributed by atoms with Gasteiger partial charge in [0.2, 0.25) is 0 Å². The molecule has 2 aromatic rings. The second-order valence-corrected chi connectivity index (χ2v) is 6.59. The maximum atomic E-state index is 11.8. The van der Waals surface area contributed by atoms with Crippen LogP contribution in [0.15, 0.2) is 22.7 Å². The first kappa shape index (κ1) is 13.6. The van der Waals surface area contributed by atoms with Crippen molar-refractivity contribution >= 4 is 32.8 Å². The number of aromatic nitrogens is 1. The number of nitrogens with zero attached hydrogens (tertiary/aromatic N) is 1. The van der Waals surface area contributed by atoms with Crippen molar-refractivity contribution in [3.8, 4) is 0 Å². The van der Waals surface area contributed by atoms with Crippen LogP contribution in [0.25, 0.3) is 10.9 Å². The molecule has 0 aliphatic heterocycles. The maximum Gasteiger partial charge on any atom is 0.336 e. The van der Waals surface area contributed by atoms with Crippen molar-refractivity contribution in [2.75, 3.05) is 0 Å². The lowest BCUT2D eigenvalue weighted by Gasteiger charge is -2.28. The van der Waals surface area contributed by atoms with E-state index in [1.807, 2.05) is 18.2 Å². The summed E-state index contributed by atoms with van der Waals surface area (Å²) in [5.41, 5.74) is 3.07. The summed E-state index contributed by atoms with van der Waals surface area (Å²) in [6.07, 6.45) is 1.88. The predicted octanol–water partition coefficient (Wildman–Crippen LogP) is 4.38. The number of hydrogen-bond donors (Lipinski definition) is 1. The summed E-state index contributed by atoms with van der Waals surface area (Å²) < 4.78 is 0.853. The van der Waals surface area contributed by atoms with E-state index < -0.39 is 5.97 Å². The smallest absolute Gasteiger partial charge is 0.336 e. The van der Waals surface area contributed by atoms with Gasteiger partial charge in [-0.25, -0.2) is 4.79 Å². The van der Waals surface area contributed by atoms with Gasteiger partial charge in [0.25, 0.3) is 0 Å². The number of carboxylic acids is 1. The van der Waals surface area contributed by atoms with Crippen LogP contribution >= 0.6 is 15.9 Å². The largest absolute Gasteiger partial charge is 0.478 e. The summed E-state index contributed by atoms with van der Waals surface area (Å²) in [4.78, 5) is 16.5. The fourth-order valence-electron chi connectivity index (χ4n) is 3.37. The molecule has 1 aromatic carbocycles. The van der Waals surface area contributed by atoms with Gasteiger partial charge >= 0.3 is 5.97 Å². The van der Waals surface area contributed by atoms with E-state index in [1.165, 1.54) is 0 Å². The molecule has 0 amide bonds. The molecule has 3 rings (SSSR count). The van der Waals surface area contributed by atoms with Gasteiger partial charge in [-0.05, 0) is 52.2 Å². The summed E-state index contributed by atoms with van der Waals surface area (Å²) in [6, 6.07) is 5.62. The zero-order chi connectivity index (χ0) is 14.4. The number of para-hydroxylation sites is 1. The number of hydrogen-bond acceptors (Lipinski definition) is 2. The molecule has 1 heterocycles. The third kappa shape index (κ3) is 2.03. The predicted molar refractivity (Wildman–Crippen MR) is 82.3 cm³/mol. The van der Waals surface area contributed by atoms with E-state index in [1.54, 1.807) is 0 Å². The SMILES string of the molecule is CC1Cc2nc3c(Br)cccc3c(C(=O)O)c2C(C)C1. The summed E-state index contributed by atoms with van der Waals surface area (Å²) in [6.45, 7) is 4.30. The Morgan fingerprint density at radius 1 is 1.40 bits per heavy atom. The first-order chi connectivity index (χ1) is 9.49. The lowest BCUT2D eigenvalue weighted by atomic mass is 9.78. The summed E-state index contributed by atoms with van der Waals surface area (Å²) in [5, 5.41) is 10.4. The first-order valence-corrected chi connectivity index (χ1v) is 7.62. The molecule has 3 nitrogen and oxygen atoms in total. The van der Waals surface area contributed by atoms with Crippen molar-refractivity contribution < 1.29 is 9.90 Å². The maximum absolute atomic E-state index is 11.8. The van der Waals surface area contributed by atoms with Gasteiger partial charge in [-0.15, -0.1) is 0 Å². The van der Waals surface area contributed by atoms with Crippen molar-refractivity contribution in [1.82, 2.24) is 4.98 Å². The highest BCUT2D eigenvalue weighted by atomic mass is 79.9. The van der Waals surface area contributed by atoms with Crippen LogP contribution in [0.4, 0.5) is 0 Å². The lowest BCUT2D eigenvalue weighted by Crippen LogP contribution is -2.20. The van der Waals surface area contributed by atoms with Crippen LogP contribution in [-0.2, 0) is 6.42 Å². The topological polar surface area (TPSA) is 50.2 Å². The number of aromatic carboxylic acids is 1. The highest BCUT2D eigenvalue weighted by Crippen LogP contribution is 2.39. The standard InChI is InChI=1S/C16H16BrNO2/c1-8-6-9(2)13-12(7-8)18-15-10(14(13)16(19)20)4-3-5-11(15)17/h3-5,8-9H,6-7H2,1-2H3,(H,19,20). The molecule has 0 radical (unpaired) electrons. The third-order valence-electron chi connectivity index (χ3n) is 4.09. The van der Waals surface area contributed by atoms with E-state index in [2.05, 4.69) is 29.8 Å². The number of carboxylic acid groups (broad SMARTS) is 1. The van der Waals surface area contributed by atoms with Crippen LogP contribution in [0, 0.1) is 5.92 Å². The molecule has 0 bridgehead atoms. The fraction of sp³-hybridized carbons (Fsp3) is 0.375. The quantitative estimate of drug-likeness (QED) is 0.842. The molecule has 104 valence electrons. The first-order valence-electron chi connectivity index (χ1n) is 6.83. The number of pyridine rings is 1. The molecule has 1 aromatic heterocycles. The molecule has 0 fully saturated rings. The van der Waals surface area contributed by atoms with Gasteiger partial charge in [0.1, 0.15) is 0 Å². The Labute approximate surface area is 126 Å². The highest BCUT2D eigenvalue weighted by molar-refractivity contribution is 9.10. The minimum absolute atomic E-state index is 0.246. The number of rotatable bonds is 1. The molecule has 1 aliphatic carbocycles. The Morgan fingerprint density at radius 2 is 2.15 bits per heavy atom. The van der Waals surface area contributed by atoms with Gasteiger partial charge in [-0.2, -0.15) is 0 Å². The number of benzene rings is 1. The average molecular weight is 334 g/mol. The van der Waals surface area contributed by atoms with Gasteiger partial charge in [-0.1, -0.05) is 26.0 Å². The molecule has 20 heavy (non-hydrogen) atoms. The Bertz CT molecular complexity index is 711. The van der Waals surface area contributed by atoms with Gasteiger partial charge in [0, 0.05) is 15.6 Å². The molecular weight excluding hydrogens is 318 g/mol. The van der Waals surface area contributed by atoms with Crippen molar-refractivity contribution in [3.63, 3.8) is 0 Å². The van der Waals surface area contributed by atoms with E-state index in [0.29, 0.717) is 11.5 Å². The van der Waals surface area contributed by atoms with Crippen molar-refractivity contribution in [1.29, 1.82) is 0 Å². The van der Waals surface area contributed by atoms with E-state index in [0.717, 1.165) is 39.5 Å². The van der Waals surface area contributed by atoms with E-state index >= 15 is 0 Å². The minimum Gasteiger partial charge on any atom is -0.478 e. The molecule has 0 saturated carbocycles. The average Bonchev–Trinajstić information content (AvgIpc) is 2.37. The summed E-state index contributed by atoms with van der Waals surface area (Å²) in [5.74, 6) is -0.0598. The van der Waals surface area contributed by atoms with Crippen LogP contribution in [-0.4, -0.2) is 16.1 Å². The monoisotopic (exact) mass is 333 g/mol. The molecule has 1 N–H and O–H groups in total. The molecule has 1 aliphatic rings. The number of carbonyl (C=O) groups is 1. The van der Waals surface area contributed by atoms with Gasteiger partial charge in [-0.3, -0.25) is 4.98 Å². The normalized spacial score (nSPS) is 21.8. The fourth-order valence-corrected chi connectivity index (χ4v) is 3.82. The van der Waals surface area contributed by atoms with Crippen molar-refractivity contribution in [3.05, 3.63) is 39.5 Å². The lowest BCUT2D eigenvalue weighted by molar-refractivity contribution is 0.0696. The van der Waals surface area contributed by atoms with Crippen molar-refractivity contribution in [2.45, 2.75) is 32.6 Å². The van der Waals surface area contributed by atoms with Crippen LogP contribution in [0.3, 0.4) is 0 Å². The Kier molecular flexibility index (Phi) is 3.28. The van der Waals surface area contributed by atoms with E-state index in [-0.39, 0.29) is 5.92 Å².